The third-order valence-electron chi connectivity index (χ3n) is 3.39. The first kappa shape index (κ1) is 9.36. The first-order valence-electron chi connectivity index (χ1n) is 4.26. The summed E-state index contributed by atoms with van der Waals surface area (Å²) in [5.74, 6) is 0. The van der Waals surface area contributed by atoms with Crippen LogP contribution >= 0.6 is 0 Å². The Kier molecular flexibility index (Phi) is 1.61. The predicted octanol–water partition coefficient (Wildman–Crippen LogP) is -2.01. The molecular formula is C8H14O5. The van der Waals surface area contributed by atoms with Crippen molar-refractivity contribution in [1.82, 2.24) is 0 Å². The molecule has 0 radical (unpaired) electrons. The molecule has 2 aliphatic heterocycles. The van der Waals surface area contributed by atoms with Gasteiger partial charge in [-0.3, -0.25) is 0 Å². The lowest BCUT2D eigenvalue weighted by Crippen LogP contribution is -2.61. The second-order valence-corrected chi connectivity index (χ2v) is 4.25. The molecular weight excluding hydrogens is 176 g/mol. The standard InChI is InChI=1S/C8H14O5/c1-7-3(9)5(11)8(2,13-7)6(12)4(7)10/h3-6,9-12H,1-2H3/t3-,4+,5+,6-,7?,8?. The van der Waals surface area contributed by atoms with Crippen LogP contribution in [0.25, 0.3) is 0 Å². The fraction of sp³-hybridized carbons (Fsp3) is 1.00. The number of hydrogen-bond donors (Lipinski definition) is 4. The maximum atomic E-state index is 9.55. The summed E-state index contributed by atoms with van der Waals surface area (Å²) in [4.78, 5) is 0. The lowest BCUT2D eigenvalue weighted by Gasteiger charge is -2.36. The van der Waals surface area contributed by atoms with Crippen molar-refractivity contribution in [1.29, 1.82) is 0 Å². The smallest absolute Gasteiger partial charge is 0.123 e. The van der Waals surface area contributed by atoms with Gasteiger partial charge in [0.05, 0.1) is 0 Å². The summed E-state index contributed by atoms with van der Waals surface area (Å²) in [7, 11) is 0. The van der Waals surface area contributed by atoms with Crippen molar-refractivity contribution in [2.75, 3.05) is 0 Å². The molecule has 2 fully saturated rings. The Balaban J connectivity index is 2.44. The molecule has 6 atom stereocenters. The Labute approximate surface area is 75.6 Å². The average molecular weight is 190 g/mol. The quantitative estimate of drug-likeness (QED) is 0.354. The Morgan fingerprint density at radius 1 is 0.769 bits per heavy atom. The molecule has 2 saturated heterocycles. The second-order valence-electron chi connectivity index (χ2n) is 4.25. The van der Waals surface area contributed by atoms with Crippen LogP contribution in [0.4, 0.5) is 0 Å². The van der Waals surface area contributed by atoms with Crippen LogP contribution in [-0.4, -0.2) is 56.0 Å². The van der Waals surface area contributed by atoms with Gasteiger partial charge in [-0.05, 0) is 13.8 Å². The minimum absolute atomic E-state index is 1.16. The first-order chi connectivity index (χ1) is 5.84. The number of aliphatic hydroxyl groups is 4. The van der Waals surface area contributed by atoms with E-state index < -0.39 is 35.6 Å². The van der Waals surface area contributed by atoms with Crippen molar-refractivity contribution in [3.63, 3.8) is 0 Å². The van der Waals surface area contributed by atoms with E-state index in [9.17, 15) is 20.4 Å². The molecule has 0 aliphatic carbocycles. The maximum Gasteiger partial charge on any atom is 0.123 e. The fourth-order valence-corrected chi connectivity index (χ4v) is 2.32. The molecule has 5 nitrogen and oxygen atoms in total. The van der Waals surface area contributed by atoms with Gasteiger partial charge >= 0.3 is 0 Å². The highest BCUT2D eigenvalue weighted by atomic mass is 16.6. The summed E-state index contributed by atoms with van der Waals surface area (Å²) < 4.78 is 5.30. The van der Waals surface area contributed by atoms with E-state index in [-0.39, 0.29) is 0 Å². The molecule has 0 saturated carbocycles. The molecule has 76 valence electrons. The third kappa shape index (κ3) is 0.793. The lowest BCUT2D eigenvalue weighted by molar-refractivity contribution is -0.126. The number of aliphatic hydroxyl groups excluding tert-OH is 4. The zero-order valence-electron chi connectivity index (χ0n) is 7.51. The molecule has 5 heteroatoms. The van der Waals surface area contributed by atoms with E-state index in [1.165, 1.54) is 13.8 Å². The normalized spacial score (nSPS) is 66.0. The van der Waals surface area contributed by atoms with Gasteiger partial charge in [-0.15, -0.1) is 0 Å². The lowest BCUT2D eigenvalue weighted by atomic mass is 9.75. The largest absolute Gasteiger partial charge is 0.387 e. The zero-order chi connectivity index (χ0) is 10.0. The molecule has 0 amide bonds. The van der Waals surface area contributed by atoms with Gasteiger partial charge in [0.15, 0.2) is 0 Å². The summed E-state index contributed by atoms with van der Waals surface area (Å²) >= 11 is 0. The van der Waals surface area contributed by atoms with Gasteiger partial charge in [0, 0.05) is 0 Å². The van der Waals surface area contributed by atoms with Gasteiger partial charge < -0.3 is 25.2 Å². The van der Waals surface area contributed by atoms with Crippen molar-refractivity contribution in [3.8, 4) is 0 Å². The summed E-state index contributed by atoms with van der Waals surface area (Å²) in [6, 6.07) is 0. The van der Waals surface area contributed by atoms with Crippen LogP contribution in [0.2, 0.25) is 0 Å². The van der Waals surface area contributed by atoms with Gasteiger partial charge in [0.1, 0.15) is 35.6 Å². The highest BCUT2D eigenvalue weighted by Crippen LogP contribution is 2.50. The van der Waals surface area contributed by atoms with E-state index in [2.05, 4.69) is 0 Å². The van der Waals surface area contributed by atoms with Crippen LogP contribution in [0, 0.1) is 0 Å². The van der Waals surface area contributed by atoms with E-state index in [1.54, 1.807) is 0 Å². The fourth-order valence-electron chi connectivity index (χ4n) is 2.32. The summed E-state index contributed by atoms with van der Waals surface area (Å²) in [5.41, 5.74) is -2.51. The molecule has 2 rings (SSSR count). The monoisotopic (exact) mass is 190 g/mol. The molecule has 2 aliphatic rings. The Morgan fingerprint density at radius 2 is 1.00 bits per heavy atom. The summed E-state index contributed by atoms with van der Waals surface area (Å²) in [6.45, 7) is 2.96. The van der Waals surface area contributed by atoms with Gasteiger partial charge in [0.25, 0.3) is 0 Å². The second kappa shape index (κ2) is 2.24. The highest BCUT2D eigenvalue weighted by molar-refractivity contribution is 5.21. The van der Waals surface area contributed by atoms with Crippen LogP contribution in [0.3, 0.4) is 0 Å². The SMILES string of the molecule is CC12OC(C)([C@H](O)[C@@H]1O)[C@@H](O)[C@H]2O. The maximum absolute atomic E-state index is 9.55. The van der Waals surface area contributed by atoms with Crippen LogP contribution in [0.5, 0.6) is 0 Å². The minimum atomic E-state index is -1.26. The number of fused-ring (bicyclic) bond motifs is 2. The molecule has 2 unspecified atom stereocenters. The zero-order valence-corrected chi connectivity index (χ0v) is 7.51. The van der Waals surface area contributed by atoms with Crippen molar-refractivity contribution in [2.24, 2.45) is 0 Å². The minimum Gasteiger partial charge on any atom is -0.387 e. The molecule has 0 aromatic heterocycles. The number of rotatable bonds is 0. The van der Waals surface area contributed by atoms with Gasteiger partial charge in [0.2, 0.25) is 0 Å². The average Bonchev–Trinajstić information content (AvgIpc) is 2.36. The number of ether oxygens (including phenoxy) is 1. The molecule has 0 spiro atoms. The van der Waals surface area contributed by atoms with Gasteiger partial charge in [-0.1, -0.05) is 0 Å². The third-order valence-corrected chi connectivity index (χ3v) is 3.39. The Morgan fingerprint density at radius 3 is 1.15 bits per heavy atom. The van der Waals surface area contributed by atoms with Crippen LogP contribution in [-0.2, 0) is 4.74 Å². The molecule has 4 N–H and O–H groups in total. The molecule has 13 heavy (non-hydrogen) atoms. The van der Waals surface area contributed by atoms with E-state index in [0.717, 1.165) is 0 Å². The Bertz CT molecular complexity index is 201. The first-order valence-corrected chi connectivity index (χ1v) is 4.26. The van der Waals surface area contributed by atoms with Gasteiger partial charge in [-0.25, -0.2) is 0 Å². The summed E-state index contributed by atoms with van der Waals surface area (Å²) in [6.07, 6.45) is -4.63. The van der Waals surface area contributed by atoms with Crippen molar-refractivity contribution in [3.05, 3.63) is 0 Å². The Hall–Kier alpha value is -0.200. The van der Waals surface area contributed by atoms with Crippen LogP contribution in [0.15, 0.2) is 0 Å². The van der Waals surface area contributed by atoms with Crippen molar-refractivity contribution >= 4 is 0 Å². The van der Waals surface area contributed by atoms with Crippen molar-refractivity contribution < 1.29 is 25.2 Å². The van der Waals surface area contributed by atoms with Crippen LogP contribution < -0.4 is 0 Å². The van der Waals surface area contributed by atoms with E-state index in [1.807, 2.05) is 0 Å². The van der Waals surface area contributed by atoms with E-state index in [4.69, 9.17) is 4.74 Å². The van der Waals surface area contributed by atoms with E-state index in [0.29, 0.717) is 0 Å². The highest BCUT2D eigenvalue weighted by Gasteiger charge is 2.72. The number of hydrogen-bond acceptors (Lipinski definition) is 5. The molecule has 2 heterocycles. The van der Waals surface area contributed by atoms with Crippen LogP contribution in [0.1, 0.15) is 13.8 Å². The van der Waals surface area contributed by atoms with E-state index >= 15 is 0 Å². The molecule has 0 aromatic carbocycles. The predicted molar refractivity (Wildman–Crippen MR) is 41.9 cm³/mol. The van der Waals surface area contributed by atoms with Gasteiger partial charge in [-0.2, -0.15) is 0 Å². The molecule has 2 bridgehead atoms. The van der Waals surface area contributed by atoms with Crippen molar-refractivity contribution in [2.45, 2.75) is 49.5 Å². The topological polar surface area (TPSA) is 90.2 Å². The summed E-state index contributed by atoms with van der Waals surface area (Å²) in [5, 5.41) is 38.2. The molecule has 0 aromatic rings.